The Labute approximate surface area is 117 Å². The minimum Gasteiger partial charge on any atom is -0.480 e. The molecule has 0 saturated carbocycles. The van der Waals surface area contributed by atoms with Gasteiger partial charge in [-0.3, -0.25) is 10.1 Å². The van der Waals surface area contributed by atoms with Crippen LogP contribution in [0.3, 0.4) is 0 Å². The summed E-state index contributed by atoms with van der Waals surface area (Å²) in [4.78, 5) is 23.6. The third-order valence-electron chi connectivity index (χ3n) is 3.85. The second-order valence-electron chi connectivity index (χ2n) is 5.40. The number of piperidine rings is 1. The van der Waals surface area contributed by atoms with Crippen molar-refractivity contribution in [1.82, 2.24) is 0 Å². The monoisotopic (exact) mass is 278 g/mol. The summed E-state index contributed by atoms with van der Waals surface area (Å²) in [7, 11) is 0. The fourth-order valence-electron chi connectivity index (χ4n) is 2.74. The predicted octanol–water partition coefficient (Wildman–Crippen LogP) is 2.59. The number of carboxylic acids is 1. The van der Waals surface area contributed by atoms with Crippen molar-refractivity contribution >= 4 is 17.3 Å². The van der Waals surface area contributed by atoms with Crippen molar-refractivity contribution in [3.8, 4) is 0 Å². The number of hydrogen-bond acceptors (Lipinski definition) is 4. The van der Waals surface area contributed by atoms with Crippen molar-refractivity contribution in [1.29, 1.82) is 0 Å². The minimum absolute atomic E-state index is 0.0310. The van der Waals surface area contributed by atoms with E-state index in [4.69, 9.17) is 0 Å². The predicted molar refractivity (Wildman–Crippen MR) is 75.0 cm³/mol. The van der Waals surface area contributed by atoms with Gasteiger partial charge in [-0.05, 0) is 37.3 Å². The van der Waals surface area contributed by atoms with Crippen LogP contribution in [0, 0.1) is 23.0 Å². The zero-order valence-electron chi connectivity index (χ0n) is 11.6. The van der Waals surface area contributed by atoms with Crippen LogP contribution in [0.2, 0.25) is 0 Å². The van der Waals surface area contributed by atoms with Crippen LogP contribution in [0.25, 0.3) is 0 Å². The molecule has 2 atom stereocenters. The van der Waals surface area contributed by atoms with Crippen LogP contribution in [0.4, 0.5) is 11.4 Å². The largest absolute Gasteiger partial charge is 0.480 e. The van der Waals surface area contributed by atoms with Gasteiger partial charge in [-0.1, -0.05) is 6.92 Å². The first kappa shape index (κ1) is 14.3. The number of carboxylic acid groups (broad SMARTS) is 1. The molecule has 1 heterocycles. The molecule has 0 radical (unpaired) electrons. The molecule has 0 bridgehead atoms. The molecule has 6 heteroatoms. The summed E-state index contributed by atoms with van der Waals surface area (Å²) in [6.07, 6.45) is 1.53. The molecule has 1 N–H and O–H groups in total. The molecule has 0 aliphatic carbocycles. The topological polar surface area (TPSA) is 83.7 Å². The molecule has 0 aromatic heterocycles. The lowest BCUT2D eigenvalue weighted by Crippen LogP contribution is -2.47. The highest BCUT2D eigenvalue weighted by atomic mass is 16.6. The first-order chi connectivity index (χ1) is 9.40. The van der Waals surface area contributed by atoms with E-state index in [-0.39, 0.29) is 5.69 Å². The van der Waals surface area contributed by atoms with Gasteiger partial charge in [0.1, 0.15) is 6.04 Å². The standard InChI is InChI=1S/C14H18N2O4/c1-9-5-6-15(13(7-9)14(17)18)12-4-3-11(16(19)20)8-10(12)2/h3-4,8-9,13H,5-7H2,1-2H3,(H,17,18). The Morgan fingerprint density at radius 2 is 2.20 bits per heavy atom. The first-order valence-corrected chi connectivity index (χ1v) is 6.64. The number of anilines is 1. The van der Waals surface area contributed by atoms with Crippen molar-refractivity contribution < 1.29 is 14.8 Å². The van der Waals surface area contributed by atoms with Gasteiger partial charge in [0.2, 0.25) is 0 Å². The normalized spacial score (nSPS) is 22.6. The molecule has 1 saturated heterocycles. The summed E-state index contributed by atoms with van der Waals surface area (Å²) in [6, 6.07) is 4.02. The molecule has 2 rings (SSSR count). The van der Waals surface area contributed by atoms with Gasteiger partial charge >= 0.3 is 5.97 Å². The zero-order chi connectivity index (χ0) is 14.9. The van der Waals surface area contributed by atoms with Gasteiger partial charge in [0, 0.05) is 24.4 Å². The number of aliphatic carboxylic acids is 1. The average molecular weight is 278 g/mol. The Morgan fingerprint density at radius 1 is 1.50 bits per heavy atom. The fraction of sp³-hybridized carbons (Fsp3) is 0.500. The van der Waals surface area contributed by atoms with E-state index in [0.29, 0.717) is 18.9 Å². The van der Waals surface area contributed by atoms with Gasteiger partial charge in [-0.2, -0.15) is 0 Å². The molecule has 0 spiro atoms. The summed E-state index contributed by atoms with van der Waals surface area (Å²) >= 11 is 0. The molecular formula is C14H18N2O4. The smallest absolute Gasteiger partial charge is 0.326 e. The first-order valence-electron chi connectivity index (χ1n) is 6.64. The van der Waals surface area contributed by atoms with Gasteiger partial charge in [-0.15, -0.1) is 0 Å². The Bertz CT molecular complexity index is 544. The highest BCUT2D eigenvalue weighted by molar-refractivity contribution is 5.79. The summed E-state index contributed by atoms with van der Waals surface area (Å²) in [5, 5.41) is 20.1. The maximum Gasteiger partial charge on any atom is 0.326 e. The van der Waals surface area contributed by atoms with Crippen LogP contribution in [-0.4, -0.2) is 28.6 Å². The number of hydrogen-bond donors (Lipinski definition) is 1. The van der Waals surface area contributed by atoms with Crippen molar-refractivity contribution in [3.05, 3.63) is 33.9 Å². The number of nitro groups is 1. The minimum atomic E-state index is -0.839. The van der Waals surface area contributed by atoms with E-state index in [1.165, 1.54) is 12.1 Å². The molecular weight excluding hydrogens is 260 g/mol. The average Bonchev–Trinajstić information content (AvgIpc) is 2.38. The lowest BCUT2D eigenvalue weighted by Gasteiger charge is -2.38. The third-order valence-corrected chi connectivity index (χ3v) is 3.85. The summed E-state index contributed by atoms with van der Waals surface area (Å²) in [5.41, 5.74) is 1.54. The van der Waals surface area contributed by atoms with Crippen molar-refractivity contribution in [2.45, 2.75) is 32.7 Å². The maximum atomic E-state index is 11.4. The molecule has 1 aliphatic heterocycles. The van der Waals surface area contributed by atoms with Gasteiger partial charge in [0.25, 0.3) is 5.69 Å². The third kappa shape index (κ3) is 2.74. The molecule has 1 fully saturated rings. The molecule has 20 heavy (non-hydrogen) atoms. The zero-order valence-corrected chi connectivity index (χ0v) is 11.6. The number of rotatable bonds is 3. The molecule has 108 valence electrons. The van der Waals surface area contributed by atoms with Crippen molar-refractivity contribution in [2.75, 3.05) is 11.4 Å². The SMILES string of the molecule is Cc1cc([N+](=O)[O-])ccc1N1CCC(C)CC1C(=O)O. The number of nitrogens with zero attached hydrogens (tertiary/aromatic N) is 2. The van der Waals surface area contributed by atoms with Crippen LogP contribution >= 0.6 is 0 Å². The second kappa shape index (κ2) is 5.48. The Kier molecular flexibility index (Phi) is 3.92. The van der Waals surface area contributed by atoms with Crippen LogP contribution in [0.5, 0.6) is 0 Å². The van der Waals surface area contributed by atoms with Crippen LogP contribution in [-0.2, 0) is 4.79 Å². The maximum absolute atomic E-state index is 11.4. The number of carbonyl (C=O) groups is 1. The highest BCUT2D eigenvalue weighted by Gasteiger charge is 2.32. The van der Waals surface area contributed by atoms with E-state index in [2.05, 4.69) is 6.92 Å². The van der Waals surface area contributed by atoms with Gasteiger partial charge in [0.05, 0.1) is 4.92 Å². The Balaban J connectivity index is 2.34. The Hall–Kier alpha value is -2.11. The van der Waals surface area contributed by atoms with Crippen molar-refractivity contribution in [3.63, 3.8) is 0 Å². The summed E-state index contributed by atoms with van der Waals surface area (Å²) in [5.74, 6) is -0.458. The molecule has 1 aliphatic rings. The van der Waals surface area contributed by atoms with E-state index in [1.807, 2.05) is 4.90 Å². The van der Waals surface area contributed by atoms with E-state index < -0.39 is 16.9 Å². The molecule has 1 aromatic rings. The number of nitro benzene ring substituents is 1. The van der Waals surface area contributed by atoms with E-state index >= 15 is 0 Å². The molecule has 1 aromatic carbocycles. The van der Waals surface area contributed by atoms with Gasteiger partial charge < -0.3 is 10.0 Å². The number of benzene rings is 1. The molecule has 2 unspecified atom stereocenters. The number of non-ortho nitro benzene ring substituents is 1. The van der Waals surface area contributed by atoms with Crippen LogP contribution in [0.1, 0.15) is 25.3 Å². The highest BCUT2D eigenvalue weighted by Crippen LogP contribution is 2.32. The van der Waals surface area contributed by atoms with Gasteiger partial charge in [-0.25, -0.2) is 4.79 Å². The van der Waals surface area contributed by atoms with Crippen molar-refractivity contribution in [2.24, 2.45) is 5.92 Å². The van der Waals surface area contributed by atoms with Crippen LogP contribution in [0.15, 0.2) is 18.2 Å². The number of aryl methyl sites for hydroxylation is 1. The van der Waals surface area contributed by atoms with E-state index in [1.54, 1.807) is 13.0 Å². The fourth-order valence-corrected chi connectivity index (χ4v) is 2.74. The van der Waals surface area contributed by atoms with E-state index in [9.17, 15) is 20.0 Å². The Morgan fingerprint density at radius 3 is 2.75 bits per heavy atom. The quantitative estimate of drug-likeness (QED) is 0.678. The van der Waals surface area contributed by atoms with E-state index in [0.717, 1.165) is 17.7 Å². The second-order valence-corrected chi connectivity index (χ2v) is 5.40. The molecule has 0 amide bonds. The van der Waals surface area contributed by atoms with Crippen LogP contribution < -0.4 is 4.90 Å². The lowest BCUT2D eigenvalue weighted by molar-refractivity contribution is -0.384. The molecule has 6 nitrogen and oxygen atoms in total. The summed E-state index contributed by atoms with van der Waals surface area (Å²) < 4.78 is 0. The summed E-state index contributed by atoms with van der Waals surface area (Å²) in [6.45, 7) is 4.49. The lowest BCUT2D eigenvalue weighted by atomic mass is 9.91. The van der Waals surface area contributed by atoms with Gasteiger partial charge in [0.15, 0.2) is 0 Å².